The summed E-state index contributed by atoms with van der Waals surface area (Å²) >= 11 is 0. The minimum atomic E-state index is -3.63. The van der Waals surface area contributed by atoms with Crippen LogP contribution in [0, 0.1) is 6.92 Å². The molecule has 5 nitrogen and oxygen atoms in total. The third-order valence-electron chi connectivity index (χ3n) is 4.38. The Morgan fingerprint density at radius 2 is 1.88 bits per heavy atom. The molecule has 128 valence electrons. The molecule has 0 aromatic heterocycles. The van der Waals surface area contributed by atoms with E-state index in [2.05, 4.69) is 0 Å². The van der Waals surface area contributed by atoms with E-state index in [1.807, 2.05) is 13.0 Å². The van der Waals surface area contributed by atoms with Crippen LogP contribution in [-0.4, -0.2) is 38.0 Å². The standard InChI is InChI=1S/C18H21NO4S/c1-13-3-6-16(7-4-13)24(21,22)19-10-9-14-11-15(23-2)5-8-17(14)18(20)12-19/h3-8,11,18,20H,9-10,12H2,1-2H3. The number of aryl methyl sites for hydroxylation is 1. The summed E-state index contributed by atoms with van der Waals surface area (Å²) in [5.74, 6) is 0.704. The van der Waals surface area contributed by atoms with Crippen LogP contribution < -0.4 is 4.74 Å². The van der Waals surface area contributed by atoms with Gasteiger partial charge in [-0.3, -0.25) is 0 Å². The van der Waals surface area contributed by atoms with Gasteiger partial charge in [0.2, 0.25) is 10.0 Å². The monoisotopic (exact) mass is 347 g/mol. The normalized spacial score (nSPS) is 18.7. The molecule has 0 aliphatic carbocycles. The molecule has 1 N–H and O–H groups in total. The average molecular weight is 347 g/mol. The van der Waals surface area contributed by atoms with Crippen molar-refractivity contribution in [3.05, 3.63) is 59.2 Å². The Labute approximate surface area is 142 Å². The van der Waals surface area contributed by atoms with Crippen molar-refractivity contribution in [3.63, 3.8) is 0 Å². The van der Waals surface area contributed by atoms with Crippen LogP contribution in [0.2, 0.25) is 0 Å². The van der Waals surface area contributed by atoms with Gasteiger partial charge < -0.3 is 9.84 Å². The van der Waals surface area contributed by atoms with Gasteiger partial charge in [-0.05, 0) is 48.7 Å². The zero-order valence-electron chi connectivity index (χ0n) is 13.8. The predicted molar refractivity (Wildman–Crippen MR) is 91.6 cm³/mol. The van der Waals surface area contributed by atoms with E-state index < -0.39 is 16.1 Å². The molecule has 0 radical (unpaired) electrons. The van der Waals surface area contributed by atoms with Gasteiger partial charge in [-0.2, -0.15) is 4.31 Å². The number of rotatable bonds is 3. The van der Waals surface area contributed by atoms with Crippen molar-refractivity contribution in [3.8, 4) is 5.75 Å². The molecule has 24 heavy (non-hydrogen) atoms. The molecule has 0 spiro atoms. The van der Waals surface area contributed by atoms with E-state index >= 15 is 0 Å². The Kier molecular flexibility index (Phi) is 4.62. The van der Waals surface area contributed by atoms with E-state index in [4.69, 9.17) is 4.74 Å². The Balaban J connectivity index is 1.91. The zero-order chi connectivity index (χ0) is 17.3. The van der Waals surface area contributed by atoms with Crippen LogP contribution in [0.1, 0.15) is 22.8 Å². The van der Waals surface area contributed by atoms with Gasteiger partial charge in [-0.1, -0.05) is 23.8 Å². The lowest BCUT2D eigenvalue weighted by Gasteiger charge is -2.22. The summed E-state index contributed by atoms with van der Waals surface area (Å²) in [7, 11) is -2.04. The molecule has 1 heterocycles. The number of sulfonamides is 1. The van der Waals surface area contributed by atoms with Crippen molar-refractivity contribution >= 4 is 10.0 Å². The molecule has 0 fully saturated rings. The molecule has 1 aliphatic heterocycles. The van der Waals surface area contributed by atoms with E-state index in [0.717, 1.165) is 16.7 Å². The summed E-state index contributed by atoms with van der Waals surface area (Å²) in [6.07, 6.45) is -0.317. The van der Waals surface area contributed by atoms with Crippen LogP contribution >= 0.6 is 0 Å². The minimum Gasteiger partial charge on any atom is -0.497 e. The predicted octanol–water partition coefficient (Wildman–Crippen LogP) is 2.28. The third-order valence-corrected chi connectivity index (χ3v) is 6.25. The molecule has 0 amide bonds. The molecule has 2 aromatic carbocycles. The second kappa shape index (κ2) is 6.55. The highest BCUT2D eigenvalue weighted by atomic mass is 32.2. The first-order valence-electron chi connectivity index (χ1n) is 7.83. The summed E-state index contributed by atoms with van der Waals surface area (Å²) in [6.45, 7) is 2.29. The maximum atomic E-state index is 12.9. The third kappa shape index (κ3) is 3.17. The van der Waals surface area contributed by atoms with E-state index in [9.17, 15) is 13.5 Å². The SMILES string of the molecule is COc1ccc2c(c1)CCN(S(=O)(=O)c1ccc(C)cc1)CC2O. The van der Waals surface area contributed by atoms with E-state index in [-0.39, 0.29) is 11.4 Å². The number of fused-ring (bicyclic) bond motifs is 1. The highest BCUT2D eigenvalue weighted by molar-refractivity contribution is 7.89. The van der Waals surface area contributed by atoms with Crippen LogP contribution in [0.5, 0.6) is 5.75 Å². The second-order valence-corrected chi connectivity index (χ2v) is 7.94. The first-order chi connectivity index (χ1) is 11.4. The lowest BCUT2D eigenvalue weighted by atomic mass is 10.0. The number of nitrogens with zero attached hydrogens (tertiary/aromatic N) is 1. The van der Waals surface area contributed by atoms with E-state index in [1.165, 1.54) is 4.31 Å². The van der Waals surface area contributed by atoms with Crippen molar-refractivity contribution in [2.24, 2.45) is 0 Å². The molecule has 0 saturated heterocycles. The lowest BCUT2D eigenvalue weighted by Crippen LogP contribution is -2.34. The number of aliphatic hydroxyl groups excluding tert-OH is 1. The zero-order valence-corrected chi connectivity index (χ0v) is 14.6. The fourth-order valence-electron chi connectivity index (χ4n) is 2.96. The summed E-state index contributed by atoms with van der Waals surface area (Å²) in [5.41, 5.74) is 2.69. The topological polar surface area (TPSA) is 66.8 Å². The summed E-state index contributed by atoms with van der Waals surface area (Å²) in [4.78, 5) is 0.254. The van der Waals surface area contributed by atoms with Crippen molar-refractivity contribution in [1.29, 1.82) is 0 Å². The number of hydrogen-bond donors (Lipinski definition) is 1. The molecule has 1 unspecified atom stereocenters. The summed E-state index contributed by atoms with van der Waals surface area (Å²) in [5, 5.41) is 10.5. The maximum Gasteiger partial charge on any atom is 0.243 e. The van der Waals surface area contributed by atoms with Crippen LogP contribution in [-0.2, 0) is 16.4 Å². The Bertz CT molecular complexity index is 831. The van der Waals surface area contributed by atoms with Crippen LogP contribution in [0.15, 0.2) is 47.4 Å². The van der Waals surface area contributed by atoms with Crippen molar-refractivity contribution in [2.45, 2.75) is 24.3 Å². The Morgan fingerprint density at radius 1 is 1.17 bits per heavy atom. The molecule has 1 aliphatic rings. The summed E-state index contributed by atoms with van der Waals surface area (Å²) < 4.78 is 32.3. The molecule has 3 rings (SSSR count). The van der Waals surface area contributed by atoms with Gasteiger partial charge >= 0.3 is 0 Å². The molecule has 0 bridgehead atoms. The number of β-amino-alcohol motifs (C(OH)–C–C–N with tert-alkyl or cyclic N) is 1. The van der Waals surface area contributed by atoms with Gasteiger partial charge in [0.25, 0.3) is 0 Å². The lowest BCUT2D eigenvalue weighted by molar-refractivity contribution is 0.153. The second-order valence-electron chi connectivity index (χ2n) is 6.01. The van der Waals surface area contributed by atoms with Crippen LogP contribution in [0.4, 0.5) is 0 Å². The molecular weight excluding hydrogens is 326 g/mol. The number of hydrogen-bond acceptors (Lipinski definition) is 4. The van der Waals surface area contributed by atoms with Crippen molar-refractivity contribution in [1.82, 2.24) is 4.31 Å². The largest absolute Gasteiger partial charge is 0.497 e. The number of benzene rings is 2. The van der Waals surface area contributed by atoms with Crippen LogP contribution in [0.25, 0.3) is 0 Å². The van der Waals surface area contributed by atoms with Crippen molar-refractivity contribution < 1.29 is 18.3 Å². The fourth-order valence-corrected chi connectivity index (χ4v) is 4.40. The maximum absolute atomic E-state index is 12.9. The molecular formula is C18H21NO4S. The van der Waals surface area contributed by atoms with Gasteiger partial charge in [-0.25, -0.2) is 8.42 Å². The number of aliphatic hydroxyl groups is 1. The highest BCUT2D eigenvalue weighted by Gasteiger charge is 2.30. The molecule has 1 atom stereocenters. The Hall–Kier alpha value is -1.89. The van der Waals surface area contributed by atoms with Crippen LogP contribution in [0.3, 0.4) is 0 Å². The fraction of sp³-hybridized carbons (Fsp3) is 0.333. The quantitative estimate of drug-likeness (QED) is 0.925. The van der Waals surface area contributed by atoms with Gasteiger partial charge in [-0.15, -0.1) is 0 Å². The number of methoxy groups -OCH3 is 1. The van der Waals surface area contributed by atoms with Gasteiger partial charge in [0, 0.05) is 13.1 Å². The average Bonchev–Trinajstić information content (AvgIpc) is 2.74. The van der Waals surface area contributed by atoms with Gasteiger partial charge in [0.05, 0.1) is 18.1 Å². The smallest absolute Gasteiger partial charge is 0.243 e. The first-order valence-corrected chi connectivity index (χ1v) is 9.27. The van der Waals surface area contributed by atoms with E-state index in [1.54, 1.807) is 43.5 Å². The number of ether oxygens (including phenoxy) is 1. The Morgan fingerprint density at radius 3 is 2.54 bits per heavy atom. The molecule has 2 aromatic rings. The van der Waals surface area contributed by atoms with Gasteiger partial charge in [0.1, 0.15) is 5.75 Å². The minimum absolute atomic E-state index is 0.0511. The molecule has 6 heteroatoms. The molecule has 0 saturated carbocycles. The van der Waals surface area contributed by atoms with E-state index in [0.29, 0.717) is 18.7 Å². The first kappa shape index (κ1) is 17.0. The summed E-state index contributed by atoms with van der Waals surface area (Å²) in [6, 6.07) is 12.2. The van der Waals surface area contributed by atoms with Gasteiger partial charge in [0.15, 0.2) is 0 Å². The van der Waals surface area contributed by atoms with Crippen molar-refractivity contribution in [2.75, 3.05) is 20.2 Å². The highest BCUT2D eigenvalue weighted by Crippen LogP contribution is 2.29.